The molecular formula is C26H37NO2. The molecule has 0 unspecified atom stereocenters. The van der Waals surface area contributed by atoms with Crippen LogP contribution in [0, 0.1) is 0 Å². The molecule has 0 spiro atoms. The van der Waals surface area contributed by atoms with Crippen LogP contribution < -0.4 is 4.74 Å². The molecule has 0 fully saturated rings. The van der Waals surface area contributed by atoms with Gasteiger partial charge in [-0.3, -0.25) is 0 Å². The maximum Gasteiger partial charge on any atom is 0.119 e. The van der Waals surface area contributed by atoms with Gasteiger partial charge in [0.25, 0.3) is 0 Å². The summed E-state index contributed by atoms with van der Waals surface area (Å²) < 4.78 is 5.93. The topological polar surface area (TPSA) is 32.7 Å². The van der Waals surface area contributed by atoms with E-state index in [0.717, 1.165) is 37.4 Å². The largest absolute Gasteiger partial charge is 0.508 e. The maximum atomic E-state index is 9.64. The lowest BCUT2D eigenvalue weighted by Crippen LogP contribution is -2.27. The van der Waals surface area contributed by atoms with Gasteiger partial charge in [-0.2, -0.15) is 0 Å². The number of aromatic hydroxyl groups is 1. The number of unbranched alkanes of at least 4 members (excludes halogenated alkanes) is 4. The van der Waals surface area contributed by atoms with Crippen molar-refractivity contribution < 1.29 is 9.84 Å². The molecule has 0 aliphatic rings. The first-order valence-electron chi connectivity index (χ1n) is 11.1. The number of benzene rings is 2. The fourth-order valence-electron chi connectivity index (χ4n) is 3.42. The fraction of sp³-hybridized carbons (Fsp3) is 0.462. The zero-order valence-corrected chi connectivity index (χ0v) is 18.4. The molecule has 158 valence electrons. The Bertz CT molecular complexity index is 715. The lowest BCUT2D eigenvalue weighted by atomic mass is 9.96. The third-order valence-electron chi connectivity index (χ3n) is 5.32. The van der Waals surface area contributed by atoms with Crippen LogP contribution in [0.15, 0.2) is 54.6 Å². The molecule has 0 amide bonds. The van der Waals surface area contributed by atoms with Crippen molar-refractivity contribution >= 4 is 5.57 Å². The molecule has 0 aromatic heterocycles. The van der Waals surface area contributed by atoms with Crippen molar-refractivity contribution in [3.8, 4) is 11.5 Å². The molecule has 0 saturated carbocycles. The van der Waals surface area contributed by atoms with Crippen LogP contribution >= 0.6 is 0 Å². The number of likely N-dealkylation sites (N-methyl/N-ethyl adjacent to an activating group) is 1. The second-order valence-corrected chi connectivity index (χ2v) is 7.41. The number of ether oxygens (including phenoxy) is 1. The van der Waals surface area contributed by atoms with Crippen LogP contribution in [0.1, 0.15) is 64.0 Å². The number of phenols is 1. The van der Waals surface area contributed by atoms with E-state index in [9.17, 15) is 5.11 Å². The second-order valence-electron chi connectivity index (χ2n) is 7.41. The summed E-state index contributed by atoms with van der Waals surface area (Å²) in [5.74, 6) is 1.21. The summed E-state index contributed by atoms with van der Waals surface area (Å²) in [6.45, 7) is 10.4. The zero-order valence-electron chi connectivity index (χ0n) is 18.4. The van der Waals surface area contributed by atoms with E-state index in [2.05, 4.69) is 56.0 Å². The predicted molar refractivity (Wildman–Crippen MR) is 124 cm³/mol. The third-order valence-corrected chi connectivity index (χ3v) is 5.32. The van der Waals surface area contributed by atoms with Gasteiger partial charge in [-0.1, -0.05) is 70.4 Å². The Labute approximate surface area is 177 Å². The van der Waals surface area contributed by atoms with Crippen LogP contribution in [0.3, 0.4) is 0 Å². The molecule has 1 N–H and O–H groups in total. The van der Waals surface area contributed by atoms with E-state index in [1.165, 1.54) is 36.8 Å². The standard InChI is InChI=1S/C26H37NO2/c1-4-7-8-9-10-11-26(22-12-16-24(28)17-13-22)23-14-18-25(19-15-23)29-21-20-27(5-2)6-3/h11-19,28H,4-10,20-21H2,1-3H3/b26-11+. The first kappa shape index (κ1) is 23.0. The van der Waals surface area contributed by atoms with Gasteiger partial charge in [-0.15, -0.1) is 0 Å². The van der Waals surface area contributed by atoms with Gasteiger partial charge >= 0.3 is 0 Å². The summed E-state index contributed by atoms with van der Waals surface area (Å²) in [6.07, 6.45) is 8.43. The van der Waals surface area contributed by atoms with E-state index in [-0.39, 0.29) is 0 Å². The SMILES string of the molecule is CCCCCC/C=C(\c1ccc(O)cc1)c1ccc(OCCN(CC)CC)cc1. The van der Waals surface area contributed by atoms with E-state index < -0.39 is 0 Å². The van der Waals surface area contributed by atoms with Gasteiger partial charge in [0.2, 0.25) is 0 Å². The van der Waals surface area contributed by atoms with Crippen LogP contribution in [-0.4, -0.2) is 36.2 Å². The lowest BCUT2D eigenvalue weighted by molar-refractivity contribution is 0.223. The minimum atomic E-state index is 0.299. The molecule has 0 radical (unpaired) electrons. The number of hydrogen-bond acceptors (Lipinski definition) is 3. The van der Waals surface area contributed by atoms with E-state index >= 15 is 0 Å². The molecule has 3 nitrogen and oxygen atoms in total. The Balaban J connectivity index is 2.07. The van der Waals surface area contributed by atoms with Crippen LogP contribution in [0.5, 0.6) is 11.5 Å². The summed E-state index contributed by atoms with van der Waals surface area (Å²) in [5.41, 5.74) is 3.53. The number of nitrogens with zero attached hydrogens (tertiary/aromatic N) is 1. The lowest BCUT2D eigenvalue weighted by Gasteiger charge is -2.18. The summed E-state index contributed by atoms with van der Waals surface area (Å²) in [4.78, 5) is 2.36. The molecule has 2 aromatic rings. The maximum absolute atomic E-state index is 9.64. The van der Waals surface area contributed by atoms with E-state index in [0.29, 0.717) is 12.4 Å². The summed E-state index contributed by atoms with van der Waals surface area (Å²) in [6, 6.07) is 15.9. The van der Waals surface area contributed by atoms with Crippen LogP contribution in [-0.2, 0) is 0 Å². The van der Waals surface area contributed by atoms with Crippen molar-refractivity contribution in [1.29, 1.82) is 0 Å². The Morgan fingerprint density at radius 2 is 1.48 bits per heavy atom. The van der Waals surface area contributed by atoms with Gasteiger partial charge in [0.1, 0.15) is 18.1 Å². The Morgan fingerprint density at radius 3 is 2.07 bits per heavy atom. The molecule has 0 heterocycles. The highest BCUT2D eigenvalue weighted by Gasteiger charge is 2.06. The first-order chi connectivity index (χ1) is 14.2. The molecule has 0 atom stereocenters. The van der Waals surface area contributed by atoms with E-state index in [1.807, 2.05) is 12.1 Å². The van der Waals surface area contributed by atoms with Crippen LogP contribution in [0.2, 0.25) is 0 Å². The van der Waals surface area contributed by atoms with Gasteiger partial charge in [0, 0.05) is 6.54 Å². The molecule has 0 bridgehead atoms. The van der Waals surface area contributed by atoms with E-state index in [1.54, 1.807) is 12.1 Å². The molecular weight excluding hydrogens is 358 g/mol. The Hall–Kier alpha value is -2.26. The van der Waals surface area contributed by atoms with Crippen molar-refractivity contribution in [2.45, 2.75) is 52.9 Å². The zero-order chi connectivity index (χ0) is 20.9. The number of rotatable bonds is 13. The summed E-state index contributed by atoms with van der Waals surface area (Å²) in [5, 5.41) is 9.64. The van der Waals surface area contributed by atoms with Crippen molar-refractivity contribution in [1.82, 2.24) is 4.90 Å². The molecule has 3 heteroatoms. The highest BCUT2D eigenvalue weighted by atomic mass is 16.5. The smallest absolute Gasteiger partial charge is 0.119 e. The molecule has 2 rings (SSSR count). The second kappa shape index (κ2) is 13.1. The normalized spacial score (nSPS) is 11.8. The van der Waals surface area contributed by atoms with Crippen molar-refractivity contribution in [3.63, 3.8) is 0 Å². The number of hydrogen-bond donors (Lipinski definition) is 1. The molecule has 0 saturated heterocycles. The van der Waals surface area contributed by atoms with Gasteiger partial charge < -0.3 is 14.7 Å². The molecule has 0 aliphatic heterocycles. The number of allylic oxidation sites excluding steroid dienone is 1. The van der Waals surface area contributed by atoms with Crippen molar-refractivity contribution in [2.24, 2.45) is 0 Å². The quantitative estimate of drug-likeness (QED) is 0.392. The van der Waals surface area contributed by atoms with Gasteiger partial charge in [-0.25, -0.2) is 0 Å². The van der Waals surface area contributed by atoms with Gasteiger partial charge in [0.15, 0.2) is 0 Å². The summed E-state index contributed by atoms with van der Waals surface area (Å²) >= 11 is 0. The summed E-state index contributed by atoms with van der Waals surface area (Å²) in [7, 11) is 0. The minimum absolute atomic E-state index is 0.299. The average Bonchev–Trinajstić information content (AvgIpc) is 2.75. The molecule has 0 aliphatic carbocycles. The monoisotopic (exact) mass is 395 g/mol. The highest BCUT2D eigenvalue weighted by molar-refractivity contribution is 5.80. The van der Waals surface area contributed by atoms with Crippen molar-refractivity contribution in [2.75, 3.05) is 26.2 Å². The molecule has 29 heavy (non-hydrogen) atoms. The predicted octanol–water partition coefficient (Wildman–Crippen LogP) is 6.51. The highest BCUT2D eigenvalue weighted by Crippen LogP contribution is 2.27. The fourth-order valence-corrected chi connectivity index (χ4v) is 3.42. The van der Waals surface area contributed by atoms with Crippen molar-refractivity contribution in [3.05, 3.63) is 65.7 Å². The Morgan fingerprint density at radius 1 is 0.862 bits per heavy atom. The Kier molecular flexibility index (Phi) is 10.4. The first-order valence-corrected chi connectivity index (χ1v) is 11.1. The van der Waals surface area contributed by atoms with E-state index in [4.69, 9.17) is 4.74 Å². The van der Waals surface area contributed by atoms with Crippen LogP contribution in [0.4, 0.5) is 0 Å². The number of phenolic OH excluding ortho intramolecular Hbond substituents is 1. The molecule has 2 aromatic carbocycles. The average molecular weight is 396 g/mol. The third kappa shape index (κ3) is 7.94. The minimum Gasteiger partial charge on any atom is -0.508 e. The van der Waals surface area contributed by atoms with Crippen LogP contribution in [0.25, 0.3) is 5.57 Å². The van der Waals surface area contributed by atoms with Gasteiger partial charge in [-0.05, 0) is 66.9 Å². The van der Waals surface area contributed by atoms with Gasteiger partial charge in [0.05, 0.1) is 0 Å².